The zero-order valence-corrected chi connectivity index (χ0v) is 13.1. The molecule has 0 radical (unpaired) electrons. The van der Waals surface area contributed by atoms with Crippen LogP contribution >= 0.6 is 27.5 Å². The molecule has 2 aromatic rings. The second-order valence-electron chi connectivity index (χ2n) is 4.65. The zero-order valence-electron chi connectivity index (χ0n) is 10.7. The molecule has 1 aliphatic rings. The Hall–Kier alpha value is -1.30. The van der Waals surface area contributed by atoms with E-state index in [0.717, 1.165) is 0 Å². The van der Waals surface area contributed by atoms with Crippen LogP contribution in [0.3, 0.4) is 0 Å². The molecule has 6 heteroatoms. The fourth-order valence-electron chi connectivity index (χ4n) is 2.16. The number of fused-ring (bicyclic) bond motifs is 1. The fraction of sp³-hybridized carbons (Fsp3) is 0.200. The quantitative estimate of drug-likeness (QED) is 0.805. The minimum Gasteiger partial charge on any atom is -0.486 e. The maximum absolute atomic E-state index is 14.0. The molecule has 0 aliphatic carbocycles. The molecule has 2 aromatic carbocycles. The lowest BCUT2D eigenvalue weighted by Crippen LogP contribution is -2.35. The summed E-state index contributed by atoms with van der Waals surface area (Å²) < 4.78 is 25.6. The largest absolute Gasteiger partial charge is 0.486 e. The van der Waals surface area contributed by atoms with Crippen LogP contribution in [0.5, 0.6) is 11.5 Å². The lowest BCUT2D eigenvalue weighted by Gasteiger charge is -2.30. The van der Waals surface area contributed by atoms with E-state index in [1.54, 1.807) is 18.2 Å². The number of para-hydroxylation sites is 2. The summed E-state index contributed by atoms with van der Waals surface area (Å²) in [7, 11) is 0. The number of rotatable bonds is 2. The Kier molecular flexibility index (Phi) is 4.06. The average molecular weight is 374 g/mol. The van der Waals surface area contributed by atoms with E-state index in [2.05, 4.69) is 15.9 Å². The smallest absolute Gasteiger partial charge is 0.163 e. The highest BCUT2D eigenvalue weighted by molar-refractivity contribution is 9.10. The van der Waals surface area contributed by atoms with Gasteiger partial charge in [-0.1, -0.05) is 23.7 Å². The third kappa shape index (κ3) is 2.86. The monoisotopic (exact) mass is 372 g/mol. The summed E-state index contributed by atoms with van der Waals surface area (Å²) >= 11 is 9.09. The predicted molar refractivity (Wildman–Crippen MR) is 80.4 cm³/mol. The molecule has 110 valence electrons. The number of halogens is 3. The SMILES string of the molecule is OC(c1cc(Cl)c(Br)cc1F)C1COc2ccccc2O1. The lowest BCUT2D eigenvalue weighted by molar-refractivity contribution is -0.0128. The number of ether oxygens (including phenoxy) is 2. The summed E-state index contributed by atoms with van der Waals surface area (Å²) in [5.74, 6) is 0.577. The molecule has 3 nitrogen and oxygen atoms in total. The fourth-order valence-corrected chi connectivity index (χ4v) is 2.64. The van der Waals surface area contributed by atoms with E-state index in [1.165, 1.54) is 12.1 Å². The van der Waals surface area contributed by atoms with Crippen LogP contribution in [0.4, 0.5) is 4.39 Å². The molecule has 0 aromatic heterocycles. The van der Waals surface area contributed by atoms with Gasteiger partial charge in [0.25, 0.3) is 0 Å². The Labute approximate surface area is 134 Å². The molecular weight excluding hydrogens is 363 g/mol. The summed E-state index contributed by atoms with van der Waals surface area (Å²) in [5, 5.41) is 10.7. The zero-order chi connectivity index (χ0) is 15.0. The van der Waals surface area contributed by atoms with Crippen molar-refractivity contribution in [3.63, 3.8) is 0 Å². The first-order valence-electron chi connectivity index (χ1n) is 6.27. The van der Waals surface area contributed by atoms with Crippen LogP contribution in [0.15, 0.2) is 40.9 Å². The molecule has 2 atom stereocenters. The van der Waals surface area contributed by atoms with Crippen molar-refractivity contribution in [1.82, 2.24) is 0 Å². The van der Waals surface area contributed by atoms with Crippen LogP contribution in [-0.2, 0) is 0 Å². The second kappa shape index (κ2) is 5.83. The Morgan fingerprint density at radius 3 is 2.76 bits per heavy atom. The molecular formula is C15H11BrClFO3. The van der Waals surface area contributed by atoms with Gasteiger partial charge in [0, 0.05) is 10.0 Å². The highest BCUT2D eigenvalue weighted by atomic mass is 79.9. The summed E-state index contributed by atoms with van der Waals surface area (Å²) in [5.41, 5.74) is 0.0798. The highest BCUT2D eigenvalue weighted by Gasteiger charge is 2.30. The van der Waals surface area contributed by atoms with Crippen molar-refractivity contribution < 1.29 is 19.0 Å². The van der Waals surface area contributed by atoms with E-state index in [4.69, 9.17) is 21.1 Å². The minimum atomic E-state index is -1.18. The van der Waals surface area contributed by atoms with Crippen molar-refractivity contribution in [3.05, 3.63) is 57.3 Å². The van der Waals surface area contributed by atoms with E-state index in [0.29, 0.717) is 21.0 Å². The van der Waals surface area contributed by atoms with Crippen molar-refractivity contribution in [2.45, 2.75) is 12.2 Å². The minimum absolute atomic E-state index is 0.0798. The van der Waals surface area contributed by atoms with Crippen molar-refractivity contribution in [2.75, 3.05) is 6.61 Å². The third-order valence-electron chi connectivity index (χ3n) is 3.24. The highest BCUT2D eigenvalue weighted by Crippen LogP contribution is 2.36. The molecule has 21 heavy (non-hydrogen) atoms. The van der Waals surface area contributed by atoms with Crippen molar-refractivity contribution in [3.8, 4) is 11.5 Å². The molecule has 0 saturated carbocycles. The topological polar surface area (TPSA) is 38.7 Å². The maximum Gasteiger partial charge on any atom is 0.163 e. The van der Waals surface area contributed by atoms with Gasteiger partial charge < -0.3 is 14.6 Å². The van der Waals surface area contributed by atoms with Gasteiger partial charge in [-0.3, -0.25) is 0 Å². The van der Waals surface area contributed by atoms with E-state index in [9.17, 15) is 9.50 Å². The molecule has 1 N–H and O–H groups in total. The van der Waals surface area contributed by atoms with E-state index in [1.807, 2.05) is 6.07 Å². The second-order valence-corrected chi connectivity index (χ2v) is 5.91. The van der Waals surface area contributed by atoms with Crippen molar-refractivity contribution in [1.29, 1.82) is 0 Å². The number of hydrogen-bond acceptors (Lipinski definition) is 3. The Bertz CT molecular complexity index is 680. The lowest BCUT2D eigenvalue weighted by atomic mass is 10.0. The van der Waals surface area contributed by atoms with Crippen LogP contribution in [-0.4, -0.2) is 17.8 Å². The van der Waals surface area contributed by atoms with E-state index in [-0.39, 0.29) is 12.2 Å². The van der Waals surface area contributed by atoms with Gasteiger partial charge in [0.2, 0.25) is 0 Å². The molecule has 0 saturated heterocycles. The van der Waals surface area contributed by atoms with Crippen molar-refractivity contribution >= 4 is 27.5 Å². The first kappa shape index (κ1) is 14.6. The van der Waals surface area contributed by atoms with E-state index >= 15 is 0 Å². The molecule has 0 bridgehead atoms. The van der Waals surface area contributed by atoms with Gasteiger partial charge in [-0.15, -0.1) is 0 Å². The number of benzene rings is 2. The Morgan fingerprint density at radius 2 is 2.00 bits per heavy atom. The van der Waals surface area contributed by atoms with Gasteiger partial charge in [-0.2, -0.15) is 0 Å². The third-order valence-corrected chi connectivity index (χ3v) is 4.44. The van der Waals surface area contributed by atoms with Crippen LogP contribution in [0, 0.1) is 5.82 Å². The van der Waals surface area contributed by atoms with Gasteiger partial charge in [-0.05, 0) is 40.2 Å². The van der Waals surface area contributed by atoms with Gasteiger partial charge in [0.15, 0.2) is 17.6 Å². The Morgan fingerprint density at radius 1 is 1.29 bits per heavy atom. The Balaban J connectivity index is 1.87. The first-order valence-corrected chi connectivity index (χ1v) is 7.44. The average Bonchev–Trinajstić information content (AvgIpc) is 2.50. The van der Waals surface area contributed by atoms with Gasteiger partial charge in [-0.25, -0.2) is 4.39 Å². The van der Waals surface area contributed by atoms with E-state index < -0.39 is 18.0 Å². The summed E-state index contributed by atoms with van der Waals surface area (Å²) in [4.78, 5) is 0. The van der Waals surface area contributed by atoms with Crippen LogP contribution in [0.1, 0.15) is 11.7 Å². The molecule has 0 spiro atoms. The number of aliphatic hydroxyl groups is 1. The van der Waals surface area contributed by atoms with Crippen molar-refractivity contribution in [2.24, 2.45) is 0 Å². The summed E-state index contributed by atoms with van der Waals surface area (Å²) in [6.07, 6.45) is -1.88. The number of hydrogen-bond donors (Lipinski definition) is 1. The maximum atomic E-state index is 14.0. The summed E-state index contributed by atoms with van der Waals surface area (Å²) in [6.45, 7) is 0.130. The molecule has 0 fully saturated rings. The van der Waals surface area contributed by atoms with Gasteiger partial charge >= 0.3 is 0 Å². The predicted octanol–water partition coefficient (Wildman–Crippen LogP) is 4.12. The molecule has 0 amide bonds. The number of aliphatic hydroxyl groups excluding tert-OH is 1. The van der Waals surface area contributed by atoms with Crippen LogP contribution in [0.25, 0.3) is 0 Å². The van der Waals surface area contributed by atoms with Crippen LogP contribution < -0.4 is 9.47 Å². The van der Waals surface area contributed by atoms with Gasteiger partial charge in [0.05, 0.1) is 5.02 Å². The summed E-state index contributed by atoms with van der Waals surface area (Å²) in [6, 6.07) is 9.74. The van der Waals surface area contributed by atoms with Gasteiger partial charge in [0.1, 0.15) is 18.5 Å². The standard InChI is InChI=1S/C15H11BrClFO3/c16-9-6-11(18)8(5-10(9)17)15(19)14-7-20-12-3-1-2-4-13(12)21-14/h1-6,14-15,19H,7H2. The van der Waals surface area contributed by atoms with Crippen LogP contribution in [0.2, 0.25) is 5.02 Å². The first-order chi connectivity index (χ1) is 10.1. The molecule has 2 unspecified atom stereocenters. The molecule has 3 rings (SSSR count). The molecule has 1 aliphatic heterocycles. The molecule has 1 heterocycles. The normalized spacial score (nSPS) is 18.4.